The van der Waals surface area contributed by atoms with Crippen LogP contribution in [0.3, 0.4) is 0 Å². The minimum Gasteiger partial charge on any atom is -0.312 e. The molecule has 1 aliphatic heterocycles. The molecule has 0 amide bonds. The van der Waals surface area contributed by atoms with Crippen LogP contribution in [0, 0.1) is 0 Å². The molecule has 0 spiro atoms. The van der Waals surface area contributed by atoms with Crippen molar-refractivity contribution in [3.63, 3.8) is 0 Å². The first-order valence-electron chi connectivity index (χ1n) is 4.37. The molecule has 0 fully saturated rings. The van der Waals surface area contributed by atoms with Crippen molar-refractivity contribution in [2.24, 2.45) is 0 Å². The quantitative estimate of drug-likeness (QED) is 0.808. The van der Waals surface area contributed by atoms with Crippen LogP contribution in [0.5, 0.6) is 0 Å². The van der Waals surface area contributed by atoms with Crippen LogP contribution in [0.4, 0.5) is 13.2 Å². The highest BCUT2D eigenvalue weighted by Crippen LogP contribution is 2.19. The molecule has 0 atom stereocenters. The van der Waals surface area contributed by atoms with Crippen LogP contribution >= 0.6 is 12.4 Å². The molecule has 0 radical (unpaired) electrons. The maximum Gasteiger partial charge on any atom is 0.408 e. The summed E-state index contributed by atoms with van der Waals surface area (Å²) in [6, 6.07) is 0. The molecule has 1 aromatic heterocycles. The van der Waals surface area contributed by atoms with Crippen molar-refractivity contribution < 1.29 is 13.2 Å². The average Bonchev–Trinajstić information content (AvgIpc) is 2.42. The third-order valence-corrected chi connectivity index (χ3v) is 2.12. The second-order valence-corrected chi connectivity index (χ2v) is 3.34. The molecule has 2 rings (SSSR count). The van der Waals surface area contributed by atoms with Gasteiger partial charge in [0, 0.05) is 31.3 Å². The molecule has 0 aromatic carbocycles. The number of alkyl halides is 3. The molecule has 3 nitrogen and oxygen atoms in total. The lowest BCUT2D eigenvalue weighted by atomic mass is 10.1. The van der Waals surface area contributed by atoms with Gasteiger partial charge in [0.05, 0.1) is 5.69 Å². The van der Waals surface area contributed by atoms with Gasteiger partial charge >= 0.3 is 6.18 Å². The summed E-state index contributed by atoms with van der Waals surface area (Å²) in [7, 11) is 0. The summed E-state index contributed by atoms with van der Waals surface area (Å²) in [5, 5.41) is 6.98. The molecule has 0 aliphatic carbocycles. The minimum absolute atomic E-state index is 0. The summed E-state index contributed by atoms with van der Waals surface area (Å²) in [4.78, 5) is 0. The Kier molecular flexibility index (Phi) is 3.62. The molecule has 1 aliphatic rings. The van der Waals surface area contributed by atoms with Gasteiger partial charge in [-0.25, -0.2) is 0 Å². The highest BCUT2D eigenvalue weighted by Gasteiger charge is 2.29. The summed E-state index contributed by atoms with van der Waals surface area (Å²) < 4.78 is 37.1. The molecule has 1 N–H and O–H groups in total. The molecule has 7 heteroatoms. The van der Waals surface area contributed by atoms with Gasteiger partial charge in [0.15, 0.2) is 0 Å². The Morgan fingerprint density at radius 1 is 1.47 bits per heavy atom. The average molecular weight is 242 g/mol. The standard InChI is InChI=1S/C8H10F3N3.ClH/c9-8(10,11)5-14-4-6-3-12-2-1-7(6)13-14;/h4,12H,1-3,5H2;1H. The van der Waals surface area contributed by atoms with Gasteiger partial charge in [-0.05, 0) is 0 Å². The molecule has 86 valence electrons. The lowest BCUT2D eigenvalue weighted by Gasteiger charge is -2.09. The first-order chi connectivity index (χ1) is 6.54. The molecule has 0 bridgehead atoms. The Bertz CT molecular complexity index is 311. The smallest absolute Gasteiger partial charge is 0.312 e. The molecule has 0 saturated heterocycles. The van der Waals surface area contributed by atoms with E-state index in [2.05, 4.69) is 10.4 Å². The molecule has 0 unspecified atom stereocenters. The number of rotatable bonds is 1. The van der Waals surface area contributed by atoms with Crippen molar-refractivity contribution in [1.29, 1.82) is 0 Å². The van der Waals surface area contributed by atoms with Gasteiger partial charge in [-0.1, -0.05) is 0 Å². The largest absolute Gasteiger partial charge is 0.408 e. The van der Waals surface area contributed by atoms with Crippen LogP contribution in [0.2, 0.25) is 0 Å². The second-order valence-electron chi connectivity index (χ2n) is 3.34. The van der Waals surface area contributed by atoms with Crippen molar-refractivity contribution in [3.05, 3.63) is 17.5 Å². The van der Waals surface area contributed by atoms with Gasteiger partial charge in [-0.15, -0.1) is 12.4 Å². The molecular weight excluding hydrogens is 231 g/mol. The normalized spacial score (nSPS) is 15.7. The molecule has 1 aromatic rings. The van der Waals surface area contributed by atoms with Gasteiger partial charge in [0.1, 0.15) is 6.54 Å². The van der Waals surface area contributed by atoms with E-state index >= 15 is 0 Å². The number of nitrogens with one attached hydrogen (secondary N) is 1. The Morgan fingerprint density at radius 3 is 2.80 bits per heavy atom. The Hall–Kier alpha value is -0.750. The summed E-state index contributed by atoms with van der Waals surface area (Å²) in [5.41, 5.74) is 1.66. The minimum atomic E-state index is -4.19. The number of aromatic nitrogens is 2. The zero-order valence-corrected chi connectivity index (χ0v) is 8.66. The first-order valence-corrected chi connectivity index (χ1v) is 4.37. The Labute approximate surface area is 91.1 Å². The number of fused-ring (bicyclic) bond motifs is 1. The summed E-state index contributed by atoms with van der Waals surface area (Å²) in [6.45, 7) is 0.406. The number of nitrogens with zero attached hydrogens (tertiary/aromatic N) is 2. The maximum absolute atomic E-state index is 12.0. The first kappa shape index (κ1) is 12.3. The third-order valence-electron chi connectivity index (χ3n) is 2.12. The molecule has 15 heavy (non-hydrogen) atoms. The number of halogens is 4. The summed E-state index contributed by atoms with van der Waals surface area (Å²) in [6.07, 6.45) is -2.02. The Balaban J connectivity index is 0.00000112. The lowest BCUT2D eigenvalue weighted by molar-refractivity contribution is -0.142. The van der Waals surface area contributed by atoms with E-state index in [4.69, 9.17) is 0 Å². The van der Waals surface area contributed by atoms with E-state index in [1.54, 1.807) is 0 Å². The predicted octanol–water partition coefficient (Wildman–Crippen LogP) is 1.51. The predicted molar refractivity (Wildman–Crippen MR) is 50.9 cm³/mol. The molecular formula is C8H11ClF3N3. The zero-order chi connectivity index (χ0) is 10.2. The third kappa shape index (κ3) is 3.10. The van der Waals surface area contributed by atoms with Gasteiger partial charge in [-0.3, -0.25) is 4.68 Å². The summed E-state index contributed by atoms with van der Waals surface area (Å²) >= 11 is 0. The topological polar surface area (TPSA) is 29.9 Å². The van der Waals surface area contributed by atoms with E-state index in [0.717, 1.165) is 22.5 Å². The monoisotopic (exact) mass is 241 g/mol. The fourth-order valence-electron chi connectivity index (χ4n) is 1.56. The lowest BCUT2D eigenvalue weighted by Crippen LogP contribution is -2.22. The van der Waals surface area contributed by atoms with E-state index < -0.39 is 12.7 Å². The summed E-state index contributed by atoms with van der Waals surface area (Å²) in [5.74, 6) is 0. The molecule has 0 saturated carbocycles. The van der Waals surface area contributed by atoms with E-state index in [1.165, 1.54) is 6.20 Å². The van der Waals surface area contributed by atoms with E-state index in [1.807, 2.05) is 0 Å². The maximum atomic E-state index is 12.0. The van der Waals surface area contributed by atoms with Crippen LogP contribution in [0.25, 0.3) is 0 Å². The zero-order valence-electron chi connectivity index (χ0n) is 7.84. The van der Waals surface area contributed by atoms with Crippen molar-refractivity contribution in [3.8, 4) is 0 Å². The fraction of sp³-hybridized carbons (Fsp3) is 0.625. The van der Waals surface area contributed by atoms with Crippen molar-refractivity contribution in [2.45, 2.75) is 25.7 Å². The van der Waals surface area contributed by atoms with Gasteiger partial charge in [0.2, 0.25) is 0 Å². The molecule has 2 heterocycles. The Morgan fingerprint density at radius 2 is 2.20 bits per heavy atom. The second kappa shape index (κ2) is 4.40. The SMILES string of the molecule is Cl.FC(F)(F)Cn1cc2c(n1)CCNC2. The van der Waals surface area contributed by atoms with Crippen LogP contribution in [0.1, 0.15) is 11.3 Å². The van der Waals surface area contributed by atoms with Crippen molar-refractivity contribution in [1.82, 2.24) is 15.1 Å². The van der Waals surface area contributed by atoms with Crippen LogP contribution in [0.15, 0.2) is 6.20 Å². The highest BCUT2D eigenvalue weighted by atomic mass is 35.5. The van der Waals surface area contributed by atoms with E-state index in [-0.39, 0.29) is 12.4 Å². The van der Waals surface area contributed by atoms with Crippen LogP contribution in [-0.2, 0) is 19.5 Å². The van der Waals surface area contributed by atoms with Crippen LogP contribution in [-0.4, -0.2) is 22.5 Å². The highest BCUT2D eigenvalue weighted by molar-refractivity contribution is 5.85. The van der Waals surface area contributed by atoms with Gasteiger partial charge in [-0.2, -0.15) is 18.3 Å². The van der Waals surface area contributed by atoms with Crippen molar-refractivity contribution >= 4 is 12.4 Å². The number of hydrogen-bond acceptors (Lipinski definition) is 2. The van der Waals surface area contributed by atoms with E-state index in [9.17, 15) is 13.2 Å². The van der Waals surface area contributed by atoms with Crippen molar-refractivity contribution in [2.75, 3.05) is 6.54 Å². The number of hydrogen-bond donors (Lipinski definition) is 1. The van der Waals surface area contributed by atoms with Gasteiger partial charge < -0.3 is 5.32 Å². The van der Waals surface area contributed by atoms with Crippen LogP contribution < -0.4 is 5.32 Å². The van der Waals surface area contributed by atoms with Gasteiger partial charge in [0.25, 0.3) is 0 Å². The fourth-order valence-corrected chi connectivity index (χ4v) is 1.56. The van der Waals surface area contributed by atoms with E-state index in [0.29, 0.717) is 13.0 Å².